The fourth-order valence-electron chi connectivity index (χ4n) is 2.55. The van der Waals surface area contributed by atoms with Gasteiger partial charge in [0, 0.05) is 19.4 Å². The zero-order valence-electron chi connectivity index (χ0n) is 15.5. The van der Waals surface area contributed by atoms with Gasteiger partial charge in [-0.3, -0.25) is 33.0 Å². The van der Waals surface area contributed by atoms with Crippen molar-refractivity contribution in [3.63, 3.8) is 0 Å². The van der Waals surface area contributed by atoms with Gasteiger partial charge < -0.3 is 24.2 Å². The van der Waals surface area contributed by atoms with E-state index in [1.165, 1.54) is 21.0 Å². The fourth-order valence-corrected chi connectivity index (χ4v) is 3.97. The quantitative estimate of drug-likeness (QED) is 0.290. The summed E-state index contributed by atoms with van der Waals surface area (Å²) < 4.78 is 44.9. The molecule has 1 fully saturated rings. The van der Waals surface area contributed by atoms with Crippen LogP contribution in [-0.2, 0) is 27.7 Å². The predicted molar refractivity (Wildman–Crippen MR) is 97.5 cm³/mol. The highest BCUT2D eigenvalue weighted by Gasteiger charge is 2.50. The molecule has 0 aliphatic carbocycles. The van der Waals surface area contributed by atoms with Crippen molar-refractivity contribution in [2.75, 3.05) is 7.11 Å². The lowest BCUT2D eigenvalue weighted by molar-refractivity contribution is -0.0528. The fraction of sp³-hybridized carbons (Fsp3) is 0.615. The lowest BCUT2D eigenvalue weighted by Crippen LogP contribution is -2.39. The van der Waals surface area contributed by atoms with Crippen LogP contribution in [0.4, 0.5) is 0 Å². The van der Waals surface area contributed by atoms with Gasteiger partial charge in [-0.1, -0.05) is 0 Å². The molecule has 0 saturated carbocycles. The second-order valence-corrected chi connectivity index (χ2v) is 8.95. The molecule has 1 aromatic heterocycles. The maximum absolute atomic E-state index is 12.2. The van der Waals surface area contributed by atoms with Crippen LogP contribution in [0.15, 0.2) is 26.8 Å². The molecule has 2 rings (SSSR count). The van der Waals surface area contributed by atoms with Crippen LogP contribution >= 0.6 is 15.4 Å². The van der Waals surface area contributed by atoms with E-state index >= 15 is 0 Å². The largest absolute Gasteiger partial charge is 0.472 e. The van der Waals surface area contributed by atoms with E-state index in [1.54, 1.807) is 0 Å². The Labute approximate surface area is 163 Å². The van der Waals surface area contributed by atoms with Gasteiger partial charge >= 0.3 is 21.1 Å². The van der Waals surface area contributed by atoms with Crippen LogP contribution in [0.5, 0.6) is 0 Å². The number of rotatable bonds is 8. The molecule has 0 amide bonds. The number of aliphatic imine (C=N–C) groups is 1. The summed E-state index contributed by atoms with van der Waals surface area (Å²) in [5, 5.41) is 0. The molecule has 1 aliphatic rings. The summed E-state index contributed by atoms with van der Waals surface area (Å²) in [7, 11) is -8.17. The first kappa shape index (κ1) is 23.8. The number of methoxy groups -OCH3 is 1. The van der Waals surface area contributed by atoms with E-state index in [4.69, 9.17) is 28.3 Å². The number of H-pyrrole nitrogens is 1. The lowest BCUT2D eigenvalue weighted by Gasteiger charge is -2.24. The first-order valence-corrected chi connectivity index (χ1v) is 11.3. The Hall–Kier alpha value is -1.47. The second kappa shape index (κ2) is 9.13. The average molecular weight is 457 g/mol. The van der Waals surface area contributed by atoms with Crippen molar-refractivity contribution in [3.05, 3.63) is 33.1 Å². The van der Waals surface area contributed by atoms with Crippen molar-refractivity contribution in [3.8, 4) is 0 Å². The average Bonchev–Trinajstić information content (AvgIpc) is 2.87. The molecule has 4 N–H and O–H groups in total. The van der Waals surface area contributed by atoms with E-state index in [1.807, 2.05) is 4.98 Å². The summed E-state index contributed by atoms with van der Waals surface area (Å²) in [6.07, 6.45) is -5.20. The monoisotopic (exact) mass is 457 g/mol. The normalized spacial score (nSPS) is 27.6. The van der Waals surface area contributed by atoms with Crippen molar-refractivity contribution in [2.24, 2.45) is 4.99 Å². The molecule has 14 nitrogen and oxygen atoms in total. The van der Waals surface area contributed by atoms with Crippen LogP contribution in [0.2, 0.25) is 0 Å². The molecule has 29 heavy (non-hydrogen) atoms. The Balaban J connectivity index is 2.45. The first-order chi connectivity index (χ1) is 13.3. The van der Waals surface area contributed by atoms with Crippen LogP contribution in [0.3, 0.4) is 0 Å². The SMILES string of the molecule is COC1C(OP(=O)(O)OC(C)C)[C@@H](/N=C/P(=O)(O)O)O[C@H]1n1ccc(=O)[nH]c1=O. The van der Waals surface area contributed by atoms with Gasteiger partial charge in [0.1, 0.15) is 18.2 Å². The van der Waals surface area contributed by atoms with E-state index in [0.717, 1.165) is 16.8 Å². The molecule has 1 saturated heterocycles. The molecule has 0 bridgehead atoms. The second-order valence-electron chi connectivity index (χ2n) is 6.18. The number of aromatic amines is 1. The zero-order valence-corrected chi connectivity index (χ0v) is 17.3. The zero-order chi connectivity index (χ0) is 22.0. The third-order valence-electron chi connectivity index (χ3n) is 3.53. The molecule has 3 unspecified atom stereocenters. The van der Waals surface area contributed by atoms with E-state index in [9.17, 15) is 23.6 Å². The molecule has 0 radical (unpaired) electrons. The minimum absolute atomic E-state index is 0.282. The summed E-state index contributed by atoms with van der Waals surface area (Å²) in [6, 6.07) is 1.03. The van der Waals surface area contributed by atoms with Crippen molar-refractivity contribution < 1.29 is 42.3 Å². The van der Waals surface area contributed by atoms with Crippen molar-refractivity contribution in [1.29, 1.82) is 0 Å². The first-order valence-electron chi connectivity index (χ1n) is 8.12. The summed E-state index contributed by atoms with van der Waals surface area (Å²) in [5.41, 5.74) is -1.55. The molecule has 16 heteroatoms. The highest BCUT2D eigenvalue weighted by atomic mass is 31.2. The predicted octanol–water partition coefficient (Wildman–Crippen LogP) is -0.477. The van der Waals surface area contributed by atoms with Crippen LogP contribution in [0, 0.1) is 0 Å². The standard InChI is InChI=1S/C13H21N3O11P2/c1-7(2)26-29(22,23)27-9-10(24-3)12(16-5-4-8(17)15-13(16)18)25-11(9)14-6-28(19,20)21/h4-7,9-12H,1-3H3,(H,22,23)(H,15,17,18)(H2,19,20,21)/b14-6+/t9?,10?,11-,12+/m0/s1. The molecule has 1 aromatic rings. The topological polar surface area (TPSA) is 199 Å². The molecule has 2 heterocycles. The third kappa shape index (κ3) is 6.51. The van der Waals surface area contributed by atoms with Gasteiger partial charge in [0.05, 0.1) is 6.10 Å². The number of nitrogens with one attached hydrogen (secondary N) is 1. The van der Waals surface area contributed by atoms with Gasteiger partial charge in [-0.15, -0.1) is 0 Å². The summed E-state index contributed by atoms with van der Waals surface area (Å²) in [5.74, 6) is 0.282. The highest BCUT2D eigenvalue weighted by Crippen LogP contribution is 2.50. The van der Waals surface area contributed by atoms with E-state index in [-0.39, 0.29) is 5.96 Å². The molecule has 1 aliphatic heterocycles. The van der Waals surface area contributed by atoms with Crippen molar-refractivity contribution in [2.45, 2.75) is 44.6 Å². The molecule has 0 spiro atoms. The Morgan fingerprint density at radius 3 is 2.45 bits per heavy atom. The van der Waals surface area contributed by atoms with Gasteiger partial charge in [-0.25, -0.2) is 9.36 Å². The molecule has 5 atom stereocenters. The van der Waals surface area contributed by atoms with E-state index in [0.29, 0.717) is 0 Å². The van der Waals surface area contributed by atoms with E-state index < -0.39 is 57.4 Å². The van der Waals surface area contributed by atoms with Gasteiger partial charge in [0.25, 0.3) is 5.56 Å². The molecule has 0 aromatic carbocycles. The van der Waals surface area contributed by atoms with Crippen molar-refractivity contribution >= 4 is 21.4 Å². The number of ether oxygens (including phenoxy) is 2. The number of phosphoric acid groups is 1. The molecular weight excluding hydrogens is 436 g/mol. The Morgan fingerprint density at radius 1 is 1.28 bits per heavy atom. The van der Waals surface area contributed by atoms with Crippen LogP contribution in [0.1, 0.15) is 20.1 Å². The summed E-state index contributed by atoms with van der Waals surface area (Å²) >= 11 is 0. The number of hydrogen-bond acceptors (Lipinski definition) is 9. The van der Waals surface area contributed by atoms with Gasteiger partial charge in [0.2, 0.25) is 0 Å². The number of nitrogens with zero attached hydrogens (tertiary/aromatic N) is 2. The lowest BCUT2D eigenvalue weighted by atomic mass is 10.2. The van der Waals surface area contributed by atoms with E-state index in [2.05, 4.69) is 4.99 Å². The number of hydrogen-bond donors (Lipinski definition) is 4. The van der Waals surface area contributed by atoms with Crippen molar-refractivity contribution in [1.82, 2.24) is 9.55 Å². The maximum atomic E-state index is 12.2. The number of aromatic nitrogens is 2. The summed E-state index contributed by atoms with van der Waals surface area (Å²) in [6.45, 7) is 2.97. The van der Waals surface area contributed by atoms with Crippen LogP contribution in [-0.4, -0.2) is 61.8 Å². The molecule has 164 valence electrons. The Bertz CT molecular complexity index is 952. The summed E-state index contributed by atoms with van der Waals surface area (Å²) in [4.78, 5) is 56.9. The number of phosphoric ester groups is 1. The van der Waals surface area contributed by atoms with Gasteiger partial charge in [0.15, 0.2) is 12.5 Å². The third-order valence-corrected chi connectivity index (χ3v) is 5.16. The highest BCUT2D eigenvalue weighted by molar-refractivity contribution is 7.67. The van der Waals surface area contributed by atoms with Gasteiger partial charge in [-0.2, -0.15) is 0 Å². The smallest absolute Gasteiger partial charge is 0.374 e. The van der Waals surface area contributed by atoms with Gasteiger partial charge in [-0.05, 0) is 13.8 Å². The Morgan fingerprint density at radius 2 is 1.93 bits per heavy atom. The minimum atomic E-state index is -4.70. The van der Waals surface area contributed by atoms with Crippen LogP contribution in [0.25, 0.3) is 0 Å². The maximum Gasteiger partial charge on any atom is 0.472 e. The van der Waals surface area contributed by atoms with Crippen LogP contribution < -0.4 is 11.2 Å². The molecular formula is C13H21N3O11P2. The minimum Gasteiger partial charge on any atom is -0.374 e. The Kier molecular flexibility index (Phi) is 7.49.